The van der Waals surface area contributed by atoms with Gasteiger partial charge in [0.25, 0.3) is 0 Å². The molecule has 4 rings (SSSR count). The van der Waals surface area contributed by atoms with Crippen molar-refractivity contribution >= 4 is 35.1 Å². The smallest absolute Gasteiger partial charge is 0.239 e. The lowest BCUT2D eigenvalue weighted by Gasteiger charge is -2.17. The van der Waals surface area contributed by atoms with Crippen LogP contribution in [0, 0.1) is 0 Å². The third kappa shape index (κ3) is 4.64. The van der Waals surface area contributed by atoms with Crippen LogP contribution in [-0.2, 0) is 4.79 Å². The van der Waals surface area contributed by atoms with E-state index in [1.807, 2.05) is 45.2 Å². The number of carbonyl (C=O) groups excluding carboxylic acids is 1. The van der Waals surface area contributed by atoms with Gasteiger partial charge in [-0.1, -0.05) is 12.1 Å². The topological polar surface area (TPSA) is 81.5 Å². The summed E-state index contributed by atoms with van der Waals surface area (Å²) < 4.78 is 16.4. The van der Waals surface area contributed by atoms with Gasteiger partial charge in [-0.05, 0) is 48.4 Å². The highest BCUT2D eigenvalue weighted by atomic mass is 32.2. The number of ether oxygens (including phenoxy) is 2. The Balaban J connectivity index is 1.59. The molecule has 1 N–H and O–H groups in total. The molecule has 1 saturated heterocycles. The zero-order valence-electron chi connectivity index (χ0n) is 17.5. The molecule has 0 bridgehead atoms. The minimum atomic E-state index is 0.207. The van der Waals surface area contributed by atoms with Crippen molar-refractivity contribution < 1.29 is 14.3 Å². The van der Waals surface area contributed by atoms with E-state index in [4.69, 9.17) is 9.47 Å². The van der Waals surface area contributed by atoms with E-state index >= 15 is 0 Å². The molecule has 0 unspecified atom stereocenters. The number of benzene rings is 1. The first-order chi connectivity index (χ1) is 15.2. The van der Waals surface area contributed by atoms with Crippen LogP contribution in [0.4, 0.5) is 5.95 Å². The van der Waals surface area contributed by atoms with Gasteiger partial charge in [-0.25, -0.2) is 0 Å². The molecule has 3 heterocycles. The summed E-state index contributed by atoms with van der Waals surface area (Å²) in [6.07, 6.45) is 2.69. The molecule has 1 aliphatic rings. The fourth-order valence-electron chi connectivity index (χ4n) is 3.56. The molecule has 1 aliphatic heterocycles. The maximum Gasteiger partial charge on any atom is 0.239 e. The molecule has 1 fully saturated rings. The normalized spacial score (nSPS) is 13.4. The average Bonchev–Trinajstić information content (AvgIpc) is 3.57. The molecule has 1 aromatic carbocycles. The third-order valence-electron chi connectivity index (χ3n) is 5.07. The van der Waals surface area contributed by atoms with E-state index in [0.29, 0.717) is 35.4 Å². The molecule has 0 radical (unpaired) electrons. The first kappa shape index (κ1) is 21.5. The van der Waals surface area contributed by atoms with Crippen molar-refractivity contribution in [2.45, 2.75) is 19.3 Å². The molecule has 0 atom stereocenters. The Morgan fingerprint density at radius 2 is 1.87 bits per heavy atom. The quantitative estimate of drug-likeness (QED) is 0.381. The van der Waals surface area contributed by atoms with Crippen molar-refractivity contribution in [1.82, 2.24) is 19.7 Å². The van der Waals surface area contributed by atoms with Crippen molar-refractivity contribution in [2.24, 2.45) is 0 Å². The second-order valence-corrected chi connectivity index (χ2v) is 8.81. The maximum absolute atomic E-state index is 12.3. The minimum Gasteiger partial charge on any atom is -0.494 e. The monoisotopic (exact) mass is 459 g/mol. The van der Waals surface area contributed by atoms with Crippen molar-refractivity contribution in [2.75, 3.05) is 37.8 Å². The van der Waals surface area contributed by atoms with Crippen LogP contribution in [0.15, 0.2) is 35.7 Å². The highest BCUT2D eigenvalue weighted by molar-refractivity contribution is 8.00. The number of thiophene rings is 1. The number of nitrogens with zero attached hydrogens (tertiary/aromatic N) is 4. The first-order valence-corrected chi connectivity index (χ1v) is 12.0. The largest absolute Gasteiger partial charge is 0.494 e. The Morgan fingerprint density at radius 1 is 1.13 bits per heavy atom. The molecule has 2 aromatic heterocycles. The highest BCUT2D eigenvalue weighted by Gasteiger charge is 2.23. The van der Waals surface area contributed by atoms with E-state index in [1.54, 1.807) is 25.6 Å². The third-order valence-corrected chi connectivity index (χ3v) is 6.67. The number of amides is 1. The van der Waals surface area contributed by atoms with E-state index in [-0.39, 0.29) is 5.91 Å². The van der Waals surface area contributed by atoms with Crippen LogP contribution in [0.1, 0.15) is 19.3 Å². The molecule has 31 heavy (non-hydrogen) atoms. The summed E-state index contributed by atoms with van der Waals surface area (Å²) in [6, 6.07) is 9.61. The predicted molar refractivity (Wildman–Crippen MR) is 124 cm³/mol. The van der Waals surface area contributed by atoms with Gasteiger partial charge in [-0.3, -0.25) is 14.1 Å². The summed E-state index contributed by atoms with van der Waals surface area (Å²) in [5.74, 6) is 3.38. The molecule has 0 aliphatic carbocycles. The molecular weight excluding hydrogens is 434 g/mol. The summed E-state index contributed by atoms with van der Waals surface area (Å²) >= 11 is 3.02. The van der Waals surface area contributed by atoms with Gasteiger partial charge in [0.15, 0.2) is 5.82 Å². The van der Waals surface area contributed by atoms with Crippen LogP contribution in [0.2, 0.25) is 0 Å². The lowest BCUT2D eigenvalue weighted by molar-refractivity contribution is -0.129. The van der Waals surface area contributed by atoms with Crippen LogP contribution in [-0.4, -0.2) is 58.6 Å². The van der Waals surface area contributed by atoms with E-state index < -0.39 is 0 Å². The number of aromatic nitrogens is 3. The van der Waals surface area contributed by atoms with Gasteiger partial charge in [0.1, 0.15) is 17.2 Å². The number of para-hydroxylation sites is 1. The number of nitrogens with one attached hydrogen (secondary N) is 1. The SMILES string of the molecule is COc1cccc(OC)c1-n1c(NSCCC(=O)N2CCCC2)nnc1-c1cccs1. The summed E-state index contributed by atoms with van der Waals surface area (Å²) in [4.78, 5) is 15.2. The van der Waals surface area contributed by atoms with Crippen LogP contribution < -0.4 is 14.2 Å². The van der Waals surface area contributed by atoms with Gasteiger partial charge in [0.2, 0.25) is 11.9 Å². The van der Waals surface area contributed by atoms with Crippen molar-refractivity contribution in [3.05, 3.63) is 35.7 Å². The number of hydrogen-bond donors (Lipinski definition) is 1. The highest BCUT2D eigenvalue weighted by Crippen LogP contribution is 2.38. The van der Waals surface area contributed by atoms with E-state index in [2.05, 4.69) is 14.9 Å². The zero-order chi connectivity index (χ0) is 21.6. The lowest BCUT2D eigenvalue weighted by Crippen LogP contribution is -2.27. The standard InChI is InChI=1S/C21H25N5O3S2/c1-28-15-7-5-8-16(29-2)19(15)26-20(17-9-6-13-30-17)22-23-21(26)24-31-14-10-18(27)25-11-3-4-12-25/h5-9,13H,3-4,10-12,14H2,1-2H3,(H,23,24). The molecule has 164 valence electrons. The zero-order valence-corrected chi connectivity index (χ0v) is 19.2. The second-order valence-electron chi connectivity index (χ2n) is 6.96. The van der Waals surface area contributed by atoms with Crippen molar-refractivity contribution in [3.8, 4) is 27.9 Å². The minimum absolute atomic E-state index is 0.207. The molecule has 3 aromatic rings. The maximum atomic E-state index is 12.3. The number of methoxy groups -OCH3 is 2. The van der Waals surface area contributed by atoms with Crippen molar-refractivity contribution in [1.29, 1.82) is 0 Å². The van der Waals surface area contributed by atoms with E-state index in [9.17, 15) is 4.79 Å². The average molecular weight is 460 g/mol. The summed E-state index contributed by atoms with van der Waals surface area (Å²) in [5, 5.41) is 10.8. The van der Waals surface area contributed by atoms with Gasteiger partial charge < -0.3 is 14.4 Å². The fraction of sp³-hybridized carbons (Fsp3) is 0.381. The Labute approximate surface area is 189 Å². The van der Waals surface area contributed by atoms with Crippen LogP contribution >= 0.6 is 23.3 Å². The van der Waals surface area contributed by atoms with Gasteiger partial charge in [-0.15, -0.1) is 21.5 Å². The fourth-order valence-corrected chi connectivity index (χ4v) is 4.90. The number of likely N-dealkylation sites (tertiary alicyclic amines) is 1. The van der Waals surface area contributed by atoms with E-state index in [0.717, 1.165) is 36.5 Å². The van der Waals surface area contributed by atoms with Crippen LogP contribution in [0.5, 0.6) is 11.5 Å². The summed E-state index contributed by atoms with van der Waals surface area (Å²) in [6.45, 7) is 1.76. The van der Waals surface area contributed by atoms with E-state index in [1.165, 1.54) is 11.9 Å². The number of carbonyl (C=O) groups is 1. The Kier molecular flexibility index (Phi) is 6.98. The molecule has 0 saturated carbocycles. The Hall–Kier alpha value is -2.72. The Morgan fingerprint density at radius 3 is 2.52 bits per heavy atom. The molecule has 1 amide bonds. The molecule has 10 heteroatoms. The first-order valence-electron chi connectivity index (χ1n) is 10.1. The van der Waals surface area contributed by atoms with Gasteiger partial charge >= 0.3 is 0 Å². The van der Waals surface area contributed by atoms with Gasteiger partial charge in [0, 0.05) is 25.3 Å². The summed E-state index contributed by atoms with van der Waals surface area (Å²) in [5.41, 5.74) is 0.720. The van der Waals surface area contributed by atoms with Crippen molar-refractivity contribution in [3.63, 3.8) is 0 Å². The predicted octanol–water partition coefficient (Wildman–Crippen LogP) is 4.09. The Bertz CT molecular complexity index is 994. The number of anilines is 1. The molecule has 0 spiro atoms. The molecule has 8 nitrogen and oxygen atoms in total. The van der Waals surface area contributed by atoms with Crippen LogP contribution in [0.3, 0.4) is 0 Å². The molecular formula is C21H25N5O3S2. The van der Waals surface area contributed by atoms with Gasteiger partial charge in [0.05, 0.1) is 19.1 Å². The number of rotatable bonds is 9. The summed E-state index contributed by atoms with van der Waals surface area (Å²) in [7, 11) is 3.25. The van der Waals surface area contributed by atoms with Crippen LogP contribution in [0.25, 0.3) is 16.4 Å². The second kappa shape index (κ2) is 10.1. The lowest BCUT2D eigenvalue weighted by atomic mass is 10.2. The van der Waals surface area contributed by atoms with Gasteiger partial charge in [-0.2, -0.15) is 0 Å². The number of hydrogen-bond acceptors (Lipinski definition) is 8.